The van der Waals surface area contributed by atoms with E-state index < -0.39 is 0 Å². The summed E-state index contributed by atoms with van der Waals surface area (Å²) in [4.78, 5) is 22.7. The first kappa shape index (κ1) is 16.8. The molecule has 1 aliphatic heterocycles. The van der Waals surface area contributed by atoms with Crippen LogP contribution >= 0.6 is 0 Å². The van der Waals surface area contributed by atoms with Crippen molar-refractivity contribution in [2.75, 3.05) is 0 Å². The van der Waals surface area contributed by atoms with E-state index in [4.69, 9.17) is 9.78 Å². The van der Waals surface area contributed by atoms with Gasteiger partial charge in [-0.15, -0.1) is 0 Å². The van der Waals surface area contributed by atoms with Gasteiger partial charge in [-0.05, 0) is 25.7 Å². The van der Waals surface area contributed by atoms with Crippen molar-refractivity contribution in [3.8, 4) is 0 Å². The third kappa shape index (κ3) is 6.37. The molecule has 2 aliphatic rings. The van der Waals surface area contributed by atoms with Crippen molar-refractivity contribution in [3.05, 3.63) is 0 Å². The minimum atomic E-state index is -0.197. The first-order valence-corrected chi connectivity index (χ1v) is 9.19. The van der Waals surface area contributed by atoms with E-state index in [1.54, 1.807) is 0 Å². The van der Waals surface area contributed by atoms with Gasteiger partial charge in [-0.25, -0.2) is 4.79 Å². The first-order valence-electron chi connectivity index (χ1n) is 9.19. The van der Waals surface area contributed by atoms with E-state index in [9.17, 15) is 4.79 Å². The lowest BCUT2D eigenvalue weighted by atomic mass is 9.85. The van der Waals surface area contributed by atoms with Crippen LogP contribution in [0.5, 0.6) is 0 Å². The van der Waals surface area contributed by atoms with Crippen molar-refractivity contribution in [2.24, 2.45) is 0 Å². The number of rotatable bonds is 0. The SMILES string of the molecule is O=C1CCCCCCC2(CCCCCCCCCC2)OO1. The predicted octanol–water partition coefficient (Wildman–Crippen LogP) is 5.47. The lowest BCUT2D eigenvalue weighted by molar-refractivity contribution is -0.339. The zero-order valence-electron chi connectivity index (χ0n) is 13.5. The zero-order chi connectivity index (χ0) is 14.8. The third-order valence-electron chi connectivity index (χ3n) is 5.09. The van der Waals surface area contributed by atoms with Crippen LogP contribution in [-0.4, -0.2) is 11.6 Å². The second-order valence-electron chi connectivity index (χ2n) is 6.96. The van der Waals surface area contributed by atoms with E-state index in [0.717, 1.165) is 32.1 Å². The molecule has 3 heteroatoms. The van der Waals surface area contributed by atoms with E-state index in [0.29, 0.717) is 6.42 Å². The van der Waals surface area contributed by atoms with Gasteiger partial charge in [-0.3, -0.25) is 4.89 Å². The first-order chi connectivity index (χ1) is 10.3. The molecule has 0 aromatic carbocycles. The minimum Gasteiger partial charge on any atom is -0.298 e. The van der Waals surface area contributed by atoms with Gasteiger partial charge in [0.05, 0.1) is 0 Å². The summed E-state index contributed by atoms with van der Waals surface area (Å²) in [5.74, 6) is -0.175. The molecular formula is C18H32O3. The second kappa shape index (κ2) is 9.45. The van der Waals surface area contributed by atoms with Crippen LogP contribution in [0.1, 0.15) is 103 Å². The molecule has 2 fully saturated rings. The highest BCUT2D eigenvalue weighted by Gasteiger charge is 2.33. The van der Waals surface area contributed by atoms with Crippen LogP contribution in [0, 0.1) is 0 Å². The molecule has 1 saturated carbocycles. The molecule has 1 aliphatic carbocycles. The van der Waals surface area contributed by atoms with Gasteiger partial charge in [0.1, 0.15) is 5.60 Å². The molecule has 122 valence electrons. The van der Waals surface area contributed by atoms with Gasteiger partial charge in [0.2, 0.25) is 0 Å². The van der Waals surface area contributed by atoms with Gasteiger partial charge < -0.3 is 0 Å². The highest BCUT2D eigenvalue weighted by molar-refractivity contribution is 5.68. The van der Waals surface area contributed by atoms with Crippen molar-refractivity contribution >= 4 is 5.97 Å². The van der Waals surface area contributed by atoms with Crippen LogP contribution in [0.3, 0.4) is 0 Å². The molecule has 0 atom stereocenters. The minimum absolute atomic E-state index is 0.175. The van der Waals surface area contributed by atoms with Crippen LogP contribution < -0.4 is 0 Å². The number of hydrogen-bond donors (Lipinski definition) is 0. The van der Waals surface area contributed by atoms with E-state index >= 15 is 0 Å². The molecule has 0 amide bonds. The van der Waals surface area contributed by atoms with E-state index in [1.807, 2.05) is 0 Å². The Balaban J connectivity index is 1.97. The van der Waals surface area contributed by atoms with E-state index in [1.165, 1.54) is 64.2 Å². The Morgan fingerprint density at radius 1 is 0.619 bits per heavy atom. The molecule has 1 saturated heterocycles. The molecule has 0 aromatic heterocycles. The number of carbonyl (C=O) groups is 1. The normalized spacial score (nSPS) is 26.6. The summed E-state index contributed by atoms with van der Waals surface area (Å²) in [6.45, 7) is 0. The van der Waals surface area contributed by atoms with Crippen LogP contribution in [0.2, 0.25) is 0 Å². The summed E-state index contributed by atoms with van der Waals surface area (Å²) < 4.78 is 0. The van der Waals surface area contributed by atoms with Crippen molar-refractivity contribution in [2.45, 2.75) is 108 Å². The second-order valence-corrected chi connectivity index (χ2v) is 6.96. The van der Waals surface area contributed by atoms with Crippen LogP contribution in [0.4, 0.5) is 0 Å². The Labute approximate surface area is 129 Å². The standard InChI is InChI=1S/C18H32O3/c19-17-13-9-5-8-12-16-18(21-20-17)14-10-6-3-1-2-4-7-11-15-18/h1-16H2. The Kier molecular flexibility index (Phi) is 7.56. The zero-order valence-corrected chi connectivity index (χ0v) is 13.5. The van der Waals surface area contributed by atoms with Crippen molar-refractivity contribution < 1.29 is 14.6 Å². The van der Waals surface area contributed by atoms with E-state index in [-0.39, 0.29) is 11.6 Å². The van der Waals surface area contributed by atoms with Crippen LogP contribution in [-0.2, 0) is 14.6 Å². The molecule has 1 spiro atoms. The molecule has 0 bridgehead atoms. The highest BCUT2D eigenvalue weighted by atomic mass is 17.2. The molecule has 0 unspecified atom stereocenters. The average Bonchev–Trinajstić information content (AvgIpc) is 2.54. The van der Waals surface area contributed by atoms with Gasteiger partial charge in [-0.2, -0.15) is 4.89 Å². The smallest absolute Gasteiger partial charge is 0.298 e. The van der Waals surface area contributed by atoms with Crippen molar-refractivity contribution in [1.29, 1.82) is 0 Å². The van der Waals surface area contributed by atoms with Gasteiger partial charge in [0.15, 0.2) is 0 Å². The fourth-order valence-electron chi connectivity index (χ4n) is 3.70. The molecule has 2 rings (SSSR count). The summed E-state index contributed by atoms with van der Waals surface area (Å²) in [6.07, 6.45) is 18.6. The summed E-state index contributed by atoms with van der Waals surface area (Å²) in [7, 11) is 0. The quantitative estimate of drug-likeness (QED) is 0.556. The Hall–Kier alpha value is -0.570. The van der Waals surface area contributed by atoms with Gasteiger partial charge >= 0.3 is 5.97 Å². The molecule has 0 radical (unpaired) electrons. The molecule has 1 heterocycles. The fraction of sp³-hybridized carbons (Fsp3) is 0.944. The highest BCUT2D eigenvalue weighted by Crippen LogP contribution is 2.34. The van der Waals surface area contributed by atoms with Gasteiger partial charge in [0.25, 0.3) is 0 Å². The Bertz CT molecular complexity index is 289. The molecule has 0 N–H and O–H groups in total. The van der Waals surface area contributed by atoms with E-state index in [2.05, 4.69) is 0 Å². The van der Waals surface area contributed by atoms with Gasteiger partial charge in [0, 0.05) is 6.42 Å². The predicted molar refractivity (Wildman–Crippen MR) is 83.8 cm³/mol. The summed E-state index contributed by atoms with van der Waals surface area (Å²) >= 11 is 0. The monoisotopic (exact) mass is 296 g/mol. The summed E-state index contributed by atoms with van der Waals surface area (Å²) in [5, 5.41) is 0. The van der Waals surface area contributed by atoms with Crippen molar-refractivity contribution in [1.82, 2.24) is 0 Å². The molecular weight excluding hydrogens is 264 g/mol. The lowest BCUT2D eigenvalue weighted by Crippen LogP contribution is -2.34. The molecule has 21 heavy (non-hydrogen) atoms. The van der Waals surface area contributed by atoms with Crippen molar-refractivity contribution in [3.63, 3.8) is 0 Å². The third-order valence-corrected chi connectivity index (χ3v) is 5.09. The Morgan fingerprint density at radius 2 is 1.05 bits per heavy atom. The topological polar surface area (TPSA) is 35.5 Å². The maximum atomic E-state index is 11.7. The van der Waals surface area contributed by atoms with Crippen LogP contribution in [0.25, 0.3) is 0 Å². The molecule has 0 aromatic rings. The summed E-state index contributed by atoms with van der Waals surface area (Å²) in [6, 6.07) is 0. The van der Waals surface area contributed by atoms with Crippen LogP contribution in [0.15, 0.2) is 0 Å². The summed E-state index contributed by atoms with van der Waals surface area (Å²) in [5.41, 5.74) is -0.197. The average molecular weight is 296 g/mol. The lowest BCUT2D eigenvalue weighted by Gasteiger charge is -2.32. The largest absolute Gasteiger partial charge is 0.342 e. The Morgan fingerprint density at radius 3 is 1.57 bits per heavy atom. The molecule has 3 nitrogen and oxygen atoms in total. The van der Waals surface area contributed by atoms with Gasteiger partial charge in [-0.1, -0.05) is 70.6 Å². The fourth-order valence-corrected chi connectivity index (χ4v) is 3.70. The maximum Gasteiger partial charge on any atom is 0.342 e. The number of hydrogen-bond acceptors (Lipinski definition) is 3. The number of carbonyl (C=O) groups excluding carboxylic acids is 1. The maximum absolute atomic E-state index is 11.7.